The fourth-order valence-corrected chi connectivity index (χ4v) is 11.7. The van der Waals surface area contributed by atoms with Crippen LogP contribution >= 0.6 is 0 Å². The summed E-state index contributed by atoms with van der Waals surface area (Å²) >= 11 is 0. The smallest absolute Gasteiger partial charge is 0.308 e. The number of nitriles is 1. The summed E-state index contributed by atoms with van der Waals surface area (Å²) in [5.74, 6) is 0. The third kappa shape index (κ3) is 11.0. The number of nitrogens with zero attached hydrogens (tertiary/aromatic N) is 4. The molecule has 4 nitrogen and oxygen atoms in total. The number of rotatable bonds is 7. The summed E-state index contributed by atoms with van der Waals surface area (Å²) < 4.78 is 221. The number of aryl methyl sites for hydroxylation is 3. The molecule has 0 fully saturated rings. The van der Waals surface area contributed by atoms with Crippen LogP contribution in [0.5, 0.6) is 0 Å². The first-order valence-corrected chi connectivity index (χ1v) is 27.0. The van der Waals surface area contributed by atoms with E-state index in [0.29, 0.717) is 39.2 Å². The molecule has 0 radical (unpaired) electrons. The van der Waals surface area contributed by atoms with Crippen molar-refractivity contribution in [3.8, 4) is 73.1 Å². The van der Waals surface area contributed by atoms with E-state index in [-0.39, 0.29) is 112 Å². The molecular formula is C70H39F15N4. The maximum atomic E-state index is 14.5. The Hall–Kier alpha value is -10.3. The largest absolute Gasteiger partial charge is 0.416 e. The van der Waals surface area contributed by atoms with Crippen molar-refractivity contribution in [3.63, 3.8) is 0 Å². The van der Waals surface area contributed by atoms with E-state index in [1.807, 2.05) is 0 Å². The van der Waals surface area contributed by atoms with Crippen LogP contribution in [0.25, 0.3) is 115 Å². The van der Waals surface area contributed by atoms with Crippen LogP contribution in [0.3, 0.4) is 0 Å². The molecule has 0 bridgehead atoms. The third-order valence-corrected chi connectivity index (χ3v) is 15.7. The molecule has 0 N–H and O–H groups in total. The minimum absolute atomic E-state index is 0.0208. The summed E-state index contributed by atoms with van der Waals surface area (Å²) in [6.07, 6.45) is -24.9. The zero-order valence-corrected chi connectivity index (χ0v) is 46.3. The molecule has 2 heterocycles. The lowest BCUT2D eigenvalue weighted by Crippen LogP contribution is -2.11. The first-order chi connectivity index (χ1) is 41.8. The highest BCUT2D eigenvalue weighted by atomic mass is 19.4. The molecule has 0 saturated carbocycles. The lowest BCUT2D eigenvalue weighted by molar-refractivity contribution is -0.143. The summed E-state index contributed by atoms with van der Waals surface area (Å²) in [4.78, 5) is 3.94. The van der Waals surface area contributed by atoms with Gasteiger partial charge < -0.3 is 9.13 Å². The molecule has 0 aliphatic rings. The van der Waals surface area contributed by atoms with E-state index in [1.165, 1.54) is 87.5 Å². The van der Waals surface area contributed by atoms with Gasteiger partial charge in [-0.2, -0.15) is 71.1 Å². The molecule has 0 spiro atoms. The molecule has 444 valence electrons. The molecule has 12 rings (SSSR count). The van der Waals surface area contributed by atoms with Gasteiger partial charge in [-0.3, -0.25) is 0 Å². The van der Waals surface area contributed by atoms with E-state index in [1.54, 1.807) is 69.8 Å². The molecule has 0 aliphatic carbocycles. The van der Waals surface area contributed by atoms with Crippen molar-refractivity contribution in [3.05, 3.63) is 243 Å². The van der Waals surface area contributed by atoms with E-state index in [9.17, 15) is 71.1 Å². The normalized spacial score (nSPS) is 12.6. The molecular weight excluding hydrogens is 1180 g/mol. The van der Waals surface area contributed by atoms with E-state index in [4.69, 9.17) is 6.57 Å². The first-order valence-electron chi connectivity index (χ1n) is 27.0. The van der Waals surface area contributed by atoms with Crippen LogP contribution < -0.4 is 0 Å². The Morgan fingerprint density at radius 3 is 0.966 bits per heavy atom. The van der Waals surface area contributed by atoms with E-state index >= 15 is 0 Å². The molecule has 0 atom stereocenters. The molecule has 12 aromatic rings. The van der Waals surface area contributed by atoms with Gasteiger partial charge in [0, 0.05) is 21.5 Å². The molecule has 2 aromatic heterocycles. The Labute approximate surface area is 496 Å². The van der Waals surface area contributed by atoms with Gasteiger partial charge in [-0.25, -0.2) is 4.85 Å². The highest BCUT2D eigenvalue weighted by molar-refractivity contribution is 6.14. The number of fused-ring (bicyclic) bond motifs is 6. The molecule has 10 aromatic carbocycles. The van der Waals surface area contributed by atoms with Gasteiger partial charge in [0.2, 0.25) is 0 Å². The van der Waals surface area contributed by atoms with Crippen LogP contribution in [-0.4, -0.2) is 9.13 Å². The molecule has 89 heavy (non-hydrogen) atoms. The van der Waals surface area contributed by atoms with Gasteiger partial charge >= 0.3 is 30.9 Å². The summed E-state index contributed by atoms with van der Waals surface area (Å²) in [6.45, 7) is 13.2. The van der Waals surface area contributed by atoms with Gasteiger partial charge in [0.05, 0.1) is 79.5 Å². The van der Waals surface area contributed by atoms with Crippen molar-refractivity contribution in [2.75, 3.05) is 0 Å². The van der Waals surface area contributed by atoms with Gasteiger partial charge in [-0.1, -0.05) is 78.9 Å². The Kier molecular flexibility index (Phi) is 13.9. The highest BCUT2D eigenvalue weighted by Gasteiger charge is 2.38. The van der Waals surface area contributed by atoms with Crippen LogP contribution in [0, 0.1) is 38.7 Å². The second kappa shape index (κ2) is 21.0. The second-order valence-corrected chi connectivity index (χ2v) is 21.8. The summed E-state index contributed by atoms with van der Waals surface area (Å²) in [5, 5.41) is 11.7. The monoisotopic (exact) mass is 1220 g/mol. The van der Waals surface area contributed by atoms with Gasteiger partial charge in [0.25, 0.3) is 0 Å². The van der Waals surface area contributed by atoms with Crippen LogP contribution in [0.15, 0.2) is 182 Å². The zero-order chi connectivity index (χ0) is 63.6. The average Bonchev–Trinajstić information content (AvgIpc) is 1.58. The number of halogens is 15. The molecule has 0 amide bonds. The van der Waals surface area contributed by atoms with Gasteiger partial charge in [-0.05, 0) is 196 Å². The lowest BCUT2D eigenvalue weighted by Gasteiger charge is -2.21. The number of aromatic nitrogens is 2. The SMILES string of the molecule is [C-]#[N+]c1cc(-n2c3cc(-c4cc(C)cc(C(F)(F)F)c4)ccc3c3ccc(-c4cc(C(F)(F)F)cc(C(F)(F)F)c4)cc32)c(-n2c3cc(-c4cc(C)cc(C(F)(F)F)c4)ccc3c3ccc(-c4cc(C)cc(C(F)(F)F)c4)cc32)cc1-c1cccc(C#N)c1. The number of hydrogen-bond donors (Lipinski definition) is 0. The summed E-state index contributed by atoms with van der Waals surface area (Å²) in [7, 11) is 0. The van der Waals surface area contributed by atoms with Crippen molar-refractivity contribution < 1.29 is 65.9 Å². The van der Waals surface area contributed by atoms with Crippen molar-refractivity contribution >= 4 is 49.3 Å². The lowest BCUT2D eigenvalue weighted by atomic mass is 9.97. The number of hydrogen-bond acceptors (Lipinski definition) is 1. The number of alkyl halides is 15. The average molecular weight is 1220 g/mol. The Morgan fingerprint density at radius 1 is 0.337 bits per heavy atom. The van der Waals surface area contributed by atoms with E-state index in [0.717, 1.165) is 36.4 Å². The van der Waals surface area contributed by atoms with Crippen molar-refractivity contribution in [2.24, 2.45) is 0 Å². The highest BCUT2D eigenvalue weighted by Crippen LogP contribution is 2.48. The first kappa shape index (κ1) is 59.1. The fraction of sp³-hybridized carbons (Fsp3) is 0.114. The zero-order valence-electron chi connectivity index (χ0n) is 46.3. The predicted molar refractivity (Wildman–Crippen MR) is 312 cm³/mol. The van der Waals surface area contributed by atoms with E-state index in [2.05, 4.69) is 10.9 Å². The van der Waals surface area contributed by atoms with Crippen LogP contribution in [0.2, 0.25) is 0 Å². The quantitative estimate of drug-likeness (QED) is 0.116. The van der Waals surface area contributed by atoms with Gasteiger partial charge in [0.1, 0.15) is 0 Å². The second-order valence-electron chi connectivity index (χ2n) is 21.8. The fourth-order valence-electron chi connectivity index (χ4n) is 11.7. The van der Waals surface area contributed by atoms with Crippen LogP contribution in [0.1, 0.15) is 50.1 Å². The standard InChI is InChI=1S/C70H39F15N4/c1-36-16-45(23-49(19-36)66(71,72)73)40-8-12-54-55-13-9-41(46-17-37(2)20-50(24-46)67(74,75)76)29-61(55)88(60(54)28-40)64-33-58(44-7-5-6-39(22-44)35-86)59(87-4)34-65(64)89-62-30-42(47-18-38(3)21-51(25-47)68(77,78)79)10-14-56(62)57-15-11-43(31-63(57)89)48-26-52(69(80,81)82)32-53(27-48)70(83,84)85/h5-34H,1-3H3. The maximum Gasteiger partial charge on any atom is 0.416 e. The van der Waals surface area contributed by atoms with Crippen molar-refractivity contribution in [1.29, 1.82) is 5.26 Å². The predicted octanol–water partition coefficient (Wildman–Crippen LogP) is 22.7. The van der Waals surface area contributed by atoms with Crippen LogP contribution in [-0.2, 0) is 30.9 Å². The number of benzene rings is 10. The molecule has 19 heteroatoms. The van der Waals surface area contributed by atoms with Gasteiger partial charge in [0.15, 0.2) is 5.69 Å². The summed E-state index contributed by atoms with van der Waals surface area (Å²) in [6, 6.07) is 41.1. The van der Waals surface area contributed by atoms with Crippen molar-refractivity contribution in [2.45, 2.75) is 51.7 Å². The minimum atomic E-state index is -5.26. The van der Waals surface area contributed by atoms with Gasteiger partial charge in [-0.15, -0.1) is 0 Å². The maximum absolute atomic E-state index is 14.5. The topological polar surface area (TPSA) is 38.0 Å². The van der Waals surface area contributed by atoms with E-state index < -0.39 is 64.3 Å². The van der Waals surface area contributed by atoms with Crippen molar-refractivity contribution in [1.82, 2.24) is 9.13 Å². The summed E-state index contributed by atoms with van der Waals surface area (Å²) in [5.41, 5.74) is -3.50. The Balaban J connectivity index is 1.27. The Bertz CT molecular complexity index is 4860. The third-order valence-electron chi connectivity index (χ3n) is 15.7. The molecule has 0 unspecified atom stereocenters. The molecule has 0 saturated heterocycles. The minimum Gasteiger partial charge on any atom is -0.308 e. The van der Waals surface area contributed by atoms with Crippen LogP contribution in [0.4, 0.5) is 71.5 Å². The molecule has 0 aliphatic heterocycles. The Morgan fingerprint density at radius 2 is 0.652 bits per heavy atom.